The molecule has 1 heterocycles. The SMILES string of the molecule is COC(=O)C1(C(C[N+](=O)[O-])c2cccs2)Cc2ccccc2C1=O. The number of thiophene rings is 1. The molecule has 24 heavy (non-hydrogen) atoms. The number of carbonyl (C=O) groups is 2. The first-order chi connectivity index (χ1) is 11.5. The number of nitro groups is 1. The van der Waals surface area contributed by atoms with Crippen LogP contribution in [0.25, 0.3) is 0 Å². The molecule has 7 heteroatoms. The quantitative estimate of drug-likeness (QED) is 0.360. The summed E-state index contributed by atoms with van der Waals surface area (Å²) in [6, 6.07) is 10.4. The van der Waals surface area contributed by atoms with Crippen molar-refractivity contribution in [1.29, 1.82) is 0 Å². The van der Waals surface area contributed by atoms with Gasteiger partial charge in [0, 0.05) is 15.4 Å². The molecule has 0 N–H and O–H groups in total. The van der Waals surface area contributed by atoms with E-state index >= 15 is 0 Å². The number of nitrogens with zero attached hydrogens (tertiary/aromatic N) is 1. The first kappa shape index (κ1) is 16.3. The third-order valence-corrected chi connectivity index (χ3v) is 5.49. The number of rotatable bonds is 5. The van der Waals surface area contributed by atoms with Crippen LogP contribution in [0, 0.1) is 15.5 Å². The van der Waals surface area contributed by atoms with Crippen LogP contribution in [0.15, 0.2) is 41.8 Å². The molecule has 6 nitrogen and oxygen atoms in total. The van der Waals surface area contributed by atoms with Gasteiger partial charge in [-0.05, 0) is 23.4 Å². The molecule has 124 valence electrons. The third-order valence-electron chi connectivity index (χ3n) is 4.50. The van der Waals surface area contributed by atoms with Crippen molar-refractivity contribution >= 4 is 23.1 Å². The van der Waals surface area contributed by atoms with Gasteiger partial charge in [0.25, 0.3) is 0 Å². The molecule has 0 saturated carbocycles. The number of ether oxygens (including phenoxy) is 1. The van der Waals surface area contributed by atoms with E-state index in [0.717, 1.165) is 5.56 Å². The number of benzene rings is 1. The van der Waals surface area contributed by atoms with E-state index in [-0.39, 0.29) is 6.42 Å². The lowest BCUT2D eigenvalue weighted by atomic mass is 9.71. The molecule has 0 saturated heterocycles. The minimum atomic E-state index is -1.59. The normalized spacial score (nSPS) is 20.5. The van der Waals surface area contributed by atoms with Crippen molar-refractivity contribution in [3.63, 3.8) is 0 Å². The Morgan fingerprint density at radius 3 is 2.71 bits per heavy atom. The Hall–Kier alpha value is -2.54. The van der Waals surface area contributed by atoms with Gasteiger partial charge >= 0.3 is 5.97 Å². The van der Waals surface area contributed by atoms with Crippen LogP contribution >= 0.6 is 11.3 Å². The highest BCUT2D eigenvalue weighted by atomic mass is 32.1. The number of methoxy groups -OCH3 is 1. The molecular weight excluding hydrogens is 330 g/mol. The Morgan fingerprint density at radius 1 is 1.38 bits per heavy atom. The average molecular weight is 345 g/mol. The van der Waals surface area contributed by atoms with Gasteiger partial charge in [-0.1, -0.05) is 30.3 Å². The molecule has 1 aliphatic carbocycles. The maximum atomic E-state index is 13.1. The lowest BCUT2D eigenvalue weighted by molar-refractivity contribution is -0.485. The number of fused-ring (bicyclic) bond motifs is 1. The smallest absolute Gasteiger partial charge is 0.321 e. The van der Waals surface area contributed by atoms with E-state index in [4.69, 9.17) is 4.74 Å². The Balaban J connectivity index is 2.18. The van der Waals surface area contributed by atoms with Crippen LogP contribution < -0.4 is 0 Å². The first-order valence-electron chi connectivity index (χ1n) is 7.37. The van der Waals surface area contributed by atoms with Gasteiger partial charge in [0.05, 0.1) is 13.0 Å². The molecule has 1 aromatic heterocycles. The van der Waals surface area contributed by atoms with Crippen molar-refractivity contribution < 1.29 is 19.2 Å². The number of Topliss-reactive ketones (excluding diaryl/α,β-unsaturated/α-hetero) is 1. The lowest BCUT2D eigenvalue weighted by Gasteiger charge is -2.30. The Bertz CT molecular complexity index is 801. The van der Waals surface area contributed by atoms with Crippen molar-refractivity contribution in [2.24, 2.45) is 5.41 Å². The van der Waals surface area contributed by atoms with Crippen molar-refractivity contribution in [2.45, 2.75) is 12.3 Å². The van der Waals surface area contributed by atoms with Crippen LogP contribution in [-0.2, 0) is 16.0 Å². The van der Waals surface area contributed by atoms with Gasteiger partial charge in [0.15, 0.2) is 5.78 Å². The van der Waals surface area contributed by atoms with Crippen LogP contribution in [0.2, 0.25) is 0 Å². The molecule has 2 atom stereocenters. The molecule has 0 aliphatic heterocycles. The van der Waals surface area contributed by atoms with Crippen LogP contribution in [0.1, 0.15) is 26.7 Å². The van der Waals surface area contributed by atoms with Crippen molar-refractivity contribution in [3.8, 4) is 0 Å². The van der Waals surface area contributed by atoms with E-state index < -0.39 is 34.6 Å². The monoisotopic (exact) mass is 345 g/mol. The maximum Gasteiger partial charge on any atom is 0.321 e. The second-order valence-electron chi connectivity index (χ2n) is 5.71. The predicted octanol–water partition coefficient (Wildman–Crippen LogP) is 2.71. The zero-order valence-corrected chi connectivity index (χ0v) is 13.7. The number of hydrogen-bond acceptors (Lipinski definition) is 6. The molecule has 0 radical (unpaired) electrons. The molecule has 0 fully saturated rings. The van der Waals surface area contributed by atoms with Gasteiger partial charge in [-0.3, -0.25) is 19.7 Å². The van der Waals surface area contributed by atoms with Crippen LogP contribution in [0.5, 0.6) is 0 Å². The zero-order chi connectivity index (χ0) is 17.3. The van der Waals surface area contributed by atoms with Crippen molar-refractivity contribution in [2.75, 3.05) is 13.7 Å². The fourth-order valence-electron chi connectivity index (χ4n) is 3.41. The molecule has 2 unspecified atom stereocenters. The molecule has 3 rings (SSSR count). The standard InChI is InChI=1S/C17H15NO5S/c1-23-16(20)17(9-11-5-2-3-6-12(11)15(17)19)13(10-18(21)22)14-7-4-8-24-14/h2-8,13H,9-10H2,1H3. The highest BCUT2D eigenvalue weighted by Gasteiger charge is 2.59. The van der Waals surface area contributed by atoms with E-state index in [0.29, 0.717) is 10.4 Å². The summed E-state index contributed by atoms with van der Waals surface area (Å²) in [4.78, 5) is 37.2. The minimum absolute atomic E-state index is 0.116. The second-order valence-corrected chi connectivity index (χ2v) is 6.69. The van der Waals surface area contributed by atoms with Gasteiger partial charge in [0.1, 0.15) is 5.41 Å². The fraction of sp³-hybridized carbons (Fsp3) is 0.294. The van der Waals surface area contributed by atoms with Crippen molar-refractivity contribution in [3.05, 3.63) is 67.9 Å². The van der Waals surface area contributed by atoms with Gasteiger partial charge in [0.2, 0.25) is 6.54 Å². The summed E-state index contributed by atoms with van der Waals surface area (Å²) in [5.74, 6) is -1.98. The summed E-state index contributed by atoms with van der Waals surface area (Å²) in [6.07, 6.45) is 0.116. The average Bonchev–Trinajstić information content (AvgIpc) is 3.19. The number of hydrogen-bond donors (Lipinski definition) is 0. The van der Waals surface area contributed by atoms with Gasteiger partial charge < -0.3 is 4.74 Å². The van der Waals surface area contributed by atoms with E-state index in [2.05, 4.69) is 0 Å². The van der Waals surface area contributed by atoms with Gasteiger partial charge in [-0.2, -0.15) is 0 Å². The molecule has 1 aliphatic rings. The van der Waals surface area contributed by atoms with E-state index in [1.54, 1.807) is 41.8 Å². The summed E-state index contributed by atoms with van der Waals surface area (Å²) >= 11 is 1.30. The first-order valence-corrected chi connectivity index (χ1v) is 8.25. The van der Waals surface area contributed by atoms with E-state index in [1.807, 2.05) is 0 Å². The molecule has 0 amide bonds. The molecule has 1 aromatic carbocycles. The summed E-state index contributed by atoms with van der Waals surface area (Å²) in [6.45, 7) is -0.505. The summed E-state index contributed by atoms with van der Waals surface area (Å²) < 4.78 is 4.92. The Labute approximate surface area is 142 Å². The third kappa shape index (κ3) is 2.41. The molecular formula is C17H15NO5S. The molecule has 0 bridgehead atoms. The van der Waals surface area contributed by atoms with Crippen LogP contribution in [0.4, 0.5) is 0 Å². The van der Waals surface area contributed by atoms with Gasteiger partial charge in [-0.15, -0.1) is 11.3 Å². The van der Waals surface area contributed by atoms with Gasteiger partial charge in [-0.25, -0.2) is 0 Å². The fourth-order valence-corrected chi connectivity index (χ4v) is 4.33. The number of ketones is 1. The summed E-state index contributed by atoms with van der Waals surface area (Å²) in [5, 5.41) is 13.0. The largest absolute Gasteiger partial charge is 0.468 e. The summed E-state index contributed by atoms with van der Waals surface area (Å²) in [7, 11) is 1.21. The highest BCUT2D eigenvalue weighted by molar-refractivity contribution is 7.10. The Kier molecular flexibility index (Phi) is 4.19. The predicted molar refractivity (Wildman–Crippen MR) is 87.8 cm³/mol. The topological polar surface area (TPSA) is 86.5 Å². The summed E-state index contributed by atoms with van der Waals surface area (Å²) in [5.41, 5.74) is -0.429. The Morgan fingerprint density at radius 2 is 2.12 bits per heavy atom. The zero-order valence-electron chi connectivity index (χ0n) is 12.9. The lowest BCUT2D eigenvalue weighted by Crippen LogP contribution is -2.45. The van der Waals surface area contributed by atoms with E-state index in [1.165, 1.54) is 18.4 Å². The van der Waals surface area contributed by atoms with Crippen molar-refractivity contribution in [1.82, 2.24) is 0 Å². The maximum absolute atomic E-state index is 13.1. The van der Waals surface area contributed by atoms with E-state index in [9.17, 15) is 19.7 Å². The minimum Gasteiger partial charge on any atom is -0.468 e. The van der Waals surface area contributed by atoms with Crippen LogP contribution in [-0.4, -0.2) is 30.3 Å². The molecule has 2 aromatic rings. The highest BCUT2D eigenvalue weighted by Crippen LogP contribution is 2.49. The van der Waals surface area contributed by atoms with Crippen LogP contribution in [0.3, 0.4) is 0 Å². The number of esters is 1. The molecule has 0 spiro atoms. The second kappa shape index (κ2) is 6.16. The number of carbonyl (C=O) groups excluding carboxylic acids is 2.